The number of nitrogens with one attached hydrogen (secondary N) is 2. The van der Waals surface area contributed by atoms with E-state index in [0.29, 0.717) is 34.5 Å². The molecule has 2 heterocycles. The van der Waals surface area contributed by atoms with Gasteiger partial charge < -0.3 is 15.5 Å². The van der Waals surface area contributed by atoms with Crippen LogP contribution in [0, 0.1) is 13.8 Å². The molecule has 3 amide bonds. The molecular weight excluding hydrogens is 446 g/mol. The van der Waals surface area contributed by atoms with E-state index in [9.17, 15) is 9.59 Å². The number of urea groups is 1. The zero-order valence-electron chi connectivity index (χ0n) is 17.9. The SMILES string of the molecule is Cc1ccc(NC(=O)c2nnc(C3CCCN(C(=O)Nc4ccc(C)c(Cl)c4)C3)s2)cc1. The van der Waals surface area contributed by atoms with Crippen LogP contribution < -0.4 is 10.6 Å². The fourth-order valence-electron chi connectivity index (χ4n) is 3.55. The first-order valence-electron chi connectivity index (χ1n) is 10.4. The maximum absolute atomic E-state index is 12.8. The van der Waals surface area contributed by atoms with Crippen LogP contribution in [0.4, 0.5) is 16.2 Å². The van der Waals surface area contributed by atoms with Gasteiger partial charge in [-0.2, -0.15) is 0 Å². The lowest BCUT2D eigenvalue weighted by atomic mass is 9.99. The third-order valence-corrected chi connectivity index (χ3v) is 6.92. The smallest absolute Gasteiger partial charge is 0.321 e. The molecule has 4 rings (SSSR count). The highest BCUT2D eigenvalue weighted by molar-refractivity contribution is 7.13. The molecule has 3 aromatic rings. The second kappa shape index (κ2) is 9.67. The Bertz CT molecular complexity index is 1130. The average Bonchev–Trinajstić information content (AvgIpc) is 3.28. The molecule has 1 saturated heterocycles. The molecule has 1 atom stereocenters. The second-order valence-corrected chi connectivity index (χ2v) is 9.36. The molecule has 1 unspecified atom stereocenters. The summed E-state index contributed by atoms with van der Waals surface area (Å²) in [5.41, 5.74) is 3.46. The first-order valence-corrected chi connectivity index (χ1v) is 11.6. The van der Waals surface area contributed by atoms with E-state index in [0.717, 1.165) is 29.0 Å². The van der Waals surface area contributed by atoms with Gasteiger partial charge in [0.15, 0.2) is 0 Å². The molecule has 0 saturated carbocycles. The van der Waals surface area contributed by atoms with Gasteiger partial charge in [-0.05, 0) is 56.5 Å². The molecule has 1 aliphatic rings. The summed E-state index contributed by atoms with van der Waals surface area (Å²) in [4.78, 5) is 27.1. The topological polar surface area (TPSA) is 87.2 Å². The van der Waals surface area contributed by atoms with E-state index in [1.807, 2.05) is 50.2 Å². The largest absolute Gasteiger partial charge is 0.324 e. The maximum atomic E-state index is 12.8. The number of benzene rings is 2. The Labute approximate surface area is 195 Å². The van der Waals surface area contributed by atoms with Gasteiger partial charge in [-0.25, -0.2) is 4.79 Å². The summed E-state index contributed by atoms with van der Waals surface area (Å²) in [5.74, 6) is -0.228. The number of anilines is 2. The van der Waals surface area contributed by atoms with Crippen molar-refractivity contribution in [2.75, 3.05) is 23.7 Å². The van der Waals surface area contributed by atoms with Crippen molar-refractivity contribution in [3.63, 3.8) is 0 Å². The minimum atomic E-state index is -0.278. The third kappa shape index (κ3) is 5.26. The lowest BCUT2D eigenvalue weighted by Gasteiger charge is -2.31. The summed E-state index contributed by atoms with van der Waals surface area (Å²) in [5, 5.41) is 15.8. The summed E-state index contributed by atoms with van der Waals surface area (Å²) in [6.07, 6.45) is 1.76. The quantitative estimate of drug-likeness (QED) is 0.530. The van der Waals surface area contributed by atoms with Crippen molar-refractivity contribution < 1.29 is 9.59 Å². The first kappa shape index (κ1) is 22.2. The predicted octanol–water partition coefficient (Wildman–Crippen LogP) is 5.47. The summed E-state index contributed by atoms with van der Waals surface area (Å²) in [7, 11) is 0. The molecule has 1 aromatic heterocycles. The number of carbonyl (C=O) groups is 2. The van der Waals surface area contributed by atoms with E-state index in [2.05, 4.69) is 20.8 Å². The lowest BCUT2D eigenvalue weighted by molar-refractivity contribution is 0.102. The van der Waals surface area contributed by atoms with Crippen molar-refractivity contribution in [3.05, 3.63) is 68.6 Å². The Morgan fingerprint density at radius 2 is 1.81 bits per heavy atom. The van der Waals surface area contributed by atoms with E-state index in [1.54, 1.807) is 11.0 Å². The molecule has 166 valence electrons. The van der Waals surface area contributed by atoms with E-state index in [-0.39, 0.29) is 17.9 Å². The number of hydrogen-bond donors (Lipinski definition) is 2. The summed E-state index contributed by atoms with van der Waals surface area (Å²) in [6, 6.07) is 12.9. The number of piperidine rings is 1. The molecule has 7 nitrogen and oxygen atoms in total. The van der Waals surface area contributed by atoms with Crippen molar-refractivity contribution in [2.24, 2.45) is 0 Å². The number of carbonyl (C=O) groups excluding carboxylic acids is 2. The molecule has 1 fully saturated rings. The van der Waals surface area contributed by atoms with Gasteiger partial charge in [0.25, 0.3) is 5.91 Å². The Balaban J connectivity index is 1.38. The number of amides is 3. The molecule has 0 bridgehead atoms. The second-order valence-electron chi connectivity index (χ2n) is 7.94. The molecule has 32 heavy (non-hydrogen) atoms. The predicted molar refractivity (Wildman–Crippen MR) is 128 cm³/mol. The zero-order valence-corrected chi connectivity index (χ0v) is 19.5. The Hall–Kier alpha value is -2.97. The summed E-state index contributed by atoms with van der Waals surface area (Å²) < 4.78 is 0. The van der Waals surface area contributed by atoms with Gasteiger partial charge in [-0.1, -0.05) is 46.7 Å². The molecule has 1 aliphatic heterocycles. The number of nitrogens with zero attached hydrogens (tertiary/aromatic N) is 3. The van der Waals surface area contributed by atoms with Gasteiger partial charge in [0.2, 0.25) is 5.01 Å². The van der Waals surface area contributed by atoms with Crippen LogP contribution in [-0.4, -0.2) is 40.1 Å². The van der Waals surface area contributed by atoms with Crippen LogP contribution in [-0.2, 0) is 0 Å². The number of rotatable bonds is 4. The highest BCUT2D eigenvalue weighted by Crippen LogP contribution is 2.30. The number of likely N-dealkylation sites (tertiary alicyclic amines) is 1. The highest BCUT2D eigenvalue weighted by Gasteiger charge is 2.28. The van der Waals surface area contributed by atoms with Crippen molar-refractivity contribution >= 4 is 46.3 Å². The first-order chi connectivity index (χ1) is 15.4. The number of halogens is 1. The minimum absolute atomic E-state index is 0.0505. The van der Waals surface area contributed by atoms with E-state index in [1.165, 1.54) is 11.3 Å². The van der Waals surface area contributed by atoms with Crippen molar-refractivity contribution in [2.45, 2.75) is 32.6 Å². The lowest BCUT2D eigenvalue weighted by Crippen LogP contribution is -2.41. The Kier molecular flexibility index (Phi) is 6.72. The molecule has 2 N–H and O–H groups in total. The molecule has 0 aliphatic carbocycles. The van der Waals surface area contributed by atoms with Crippen LogP contribution in [0.3, 0.4) is 0 Å². The number of aryl methyl sites for hydroxylation is 2. The summed E-state index contributed by atoms with van der Waals surface area (Å²) in [6.45, 7) is 5.11. The fraction of sp³-hybridized carbons (Fsp3) is 0.304. The standard InChI is InChI=1S/C23H24ClN5O2S/c1-14-5-8-17(9-6-14)25-20(30)22-28-27-21(32-22)16-4-3-11-29(13-16)23(31)26-18-10-7-15(2)19(24)12-18/h5-10,12,16H,3-4,11,13H2,1-2H3,(H,25,30)(H,26,31). The normalized spacial score (nSPS) is 16.0. The van der Waals surface area contributed by atoms with Gasteiger partial charge in [0.1, 0.15) is 5.01 Å². The molecular formula is C23H24ClN5O2S. The van der Waals surface area contributed by atoms with Gasteiger partial charge >= 0.3 is 6.03 Å². The van der Waals surface area contributed by atoms with E-state index in [4.69, 9.17) is 11.6 Å². The van der Waals surface area contributed by atoms with Crippen molar-refractivity contribution in [3.8, 4) is 0 Å². The molecule has 9 heteroatoms. The van der Waals surface area contributed by atoms with Gasteiger partial charge in [-0.3, -0.25) is 4.79 Å². The monoisotopic (exact) mass is 469 g/mol. The molecule has 0 spiro atoms. The van der Waals surface area contributed by atoms with Gasteiger partial charge in [-0.15, -0.1) is 10.2 Å². The maximum Gasteiger partial charge on any atom is 0.321 e. The van der Waals surface area contributed by atoms with Crippen LogP contribution in [0.5, 0.6) is 0 Å². The third-order valence-electron chi connectivity index (χ3n) is 5.43. The van der Waals surface area contributed by atoms with Gasteiger partial charge in [0, 0.05) is 35.4 Å². The van der Waals surface area contributed by atoms with E-state index < -0.39 is 0 Å². The molecule has 2 aromatic carbocycles. The number of aromatic nitrogens is 2. The van der Waals surface area contributed by atoms with Crippen LogP contribution in [0.15, 0.2) is 42.5 Å². The van der Waals surface area contributed by atoms with Crippen LogP contribution in [0.25, 0.3) is 0 Å². The number of hydrogen-bond acceptors (Lipinski definition) is 5. The van der Waals surface area contributed by atoms with Crippen LogP contribution in [0.1, 0.15) is 44.7 Å². The van der Waals surface area contributed by atoms with Crippen molar-refractivity contribution in [1.29, 1.82) is 0 Å². The van der Waals surface area contributed by atoms with Gasteiger partial charge in [0.05, 0.1) is 0 Å². The van der Waals surface area contributed by atoms with Crippen LogP contribution >= 0.6 is 22.9 Å². The van der Waals surface area contributed by atoms with E-state index >= 15 is 0 Å². The Morgan fingerprint density at radius 3 is 2.56 bits per heavy atom. The summed E-state index contributed by atoms with van der Waals surface area (Å²) >= 11 is 7.44. The zero-order chi connectivity index (χ0) is 22.7. The Morgan fingerprint density at radius 1 is 1.06 bits per heavy atom. The van der Waals surface area contributed by atoms with Crippen molar-refractivity contribution in [1.82, 2.24) is 15.1 Å². The minimum Gasteiger partial charge on any atom is -0.324 e. The highest BCUT2D eigenvalue weighted by atomic mass is 35.5. The fourth-order valence-corrected chi connectivity index (χ4v) is 4.59. The van der Waals surface area contributed by atoms with Crippen LogP contribution in [0.2, 0.25) is 5.02 Å². The molecule has 0 radical (unpaired) electrons. The average molecular weight is 470 g/mol.